The fourth-order valence-corrected chi connectivity index (χ4v) is 3.31. The molecule has 1 fully saturated rings. The van der Waals surface area contributed by atoms with Gasteiger partial charge in [-0.2, -0.15) is 21.6 Å². The lowest BCUT2D eigenvalue weighted by Gasteiger charge is -2.34. The summed E-state index contributed by atoms with van der Waals surface area (Å²) in [6.07, 6.45) is 1.55. The number of carbonyl (C=O) groups excluding carboxylic acids is 1. The Morgan fingerprint density at radius 3 is 2.57 bits per heavy atom. The van der Waals surface area contributed by atoms with Gasteiger partial charge in [0.05, 0.1) is 17.8 Å². The topological polar surface area (TPSA) is 78.9 Å². The quantitative estimate of drug-likeness (QED) is 0.436. The maximum atomic E-state index is 12.5. The molecule has 23 heavy (non-hydrogen) atoms. The number of alkyl halides is 3. The van der Waals surface area contributed by atoms with Crippen molar-refractivity contribution in [3.05, 3.63) is 11.3 Å². The van der Waals surface area contributed by atoms with Gasteiger partial charge in [0.2, 0.25) is 0 Å². The highest BCUT2D eigenvalue weighted by Crippen LogP contribution is 2.43. The van der Waals surface area contributed by atoms with Crippen molar-refractivity contribution in [1.29, 1.82) is 0 Å². The molecule has 1 aliphatic carbocycles. The van der Waals surface area contributed by atoms with Crippen molar-refractivity contribution in [2.75, 3.05) is 13.2 Å². The van der Waals surface area contributed by atoms with E-state index in [4.69, 9.17) is 9.47 Å². The molecule has 0 bridgehead atoms. The second-order valence-corrected chi connectivity index (χ2v) is 6.96. The van der Waals surface area contributed by atoms with Gasteiger partial charge in [-0.3, -0.25) is 0 Å². The van der Waals surface area contributed by atoms with E-state index in [1.54, 1.807) is 0 Å². The average molecular weight is 358 g/mol. The Morgan fingerprint density at radius 2 is 2.04 bits per heavy atom. The van der Waals surface area contributed by atoms with Crippen LogP contribution in [0.2, 0.25) is 0 Å². The molecule has 10 heteroatoms. The molecule has 1 spiro atoms. The highest BCUT2D eigenvalue weighted by Gasteiger charge is 2.50. The zero-order valence-electron chi connectivity index (χ0n) is 12.4. The normalized spacial score (nSPS) is 25.7. The van der Waals surface area contributed by atoms with Gasteiger partial charge >= 0.3 is 21.6 Å². The van der Waals surface area contributed by atoms with E-state index in [0.29, 0.717) is 19.4 Å². The van der Waals surface area contributed by atoms with Crippen LogP contribution in [0, 0.1) is 0 Å². The molecule has 2 rings (SSSR count). The summed E-state index contributed by atoms with van der Waals surface area (Å²) in [5.74, 6) is -1.39. The minimum absolute atomic E-state index is 0.00942. The van der Waals surface area contributed by atoms with Gasteiger partial charge in [0.15, 0.2) is 0 Å². The molecule has 0 aromatic heterocycles. The van der Waals surface area contributed by atoms with E-state index in [0.717, 1.165) is 6.42 Å². The molecule has 0 N–H and O–H groups in total. The van der Waals surface area contributed by atoms with E-state index in [9.17, 15) is 26.4 Å². The van der Waals surface area contributed by atoms with Gasteiger partial charge in [0.1, 0.15) is 5.76 Å². The summed E-state index contributed by atoms with van der Waals surface area (Å²) >= 11 is 0. The Labute approximate surface area is 131 Å². The number of carbonyl (C=O) groups is 1. The fourth-order valence-electron chi connectivity index (χ4n) is 2.77. The third-order valence-electron chi connectivity index (χ3n) is 3.84. The minimum atomic E-state index is -5.82. The standard InChI is InChI=1S/C13H17F3O6S/c1-2-20-11(17)9-8-12(5-3-7-21-12)6-4-10(9)22-23(18,19)13(14,15)16/h2-8H2,1H3. The first kappa shape index (κ1) is 18.1. The van der Waals surface area contributed by atoms with Gasteiger partial charge in [0.25, 0.3) is 0 Å². The predicted octanol–water partition coefficient (Wildman–Crippen LogP) is 2.40. The molecule has 0 amide bonds. The third kappa shape index (κ3) is 3.79. The number of hydrogen-bond acceptors (Lipinski definition) is 6. The van der Waals surface area contributed by atoms with Gasteiger partial charge < -0.3 is 13.7 Å². The first-order valence-electron chi connectivity index (χ1n) is 7.14. The zero-order valence-corrected chi connectivity index (χ0v) is 13.3. The molecule has 6 nitrogen and oxygen atoms in total. The second kappa shape index (κ2) is 6.31. The molecule has 132 valence electrons. The maximum Gasteiger partial charge on any atom is 0.534 e. The summed E-state index contributed by atoms with van der Waals surface area (Å²) in [5, 5.41) is 0. The molecule has 1 saturated heterocycles. The van der Waals surface area contributed by atoms with Crippen LogP contribution in [0.4, 0.5) is 13.2 Å². The van der Waals surface area contributed by atoms with Crippen LogP contribution >= 0.6 is 0 Å². The fraction of sp³-hybridized carbons (Fsp3) is 0.769. The number of halogens is 3. The number of ether oxygens (including phenoxy) is 2. The molecule has 0 aromatic carbocycles. The lowest BCUT2D eigenvalue weighted by atomic mass is 9.81. The van der Waals surface area contributed by atoms with E-state index in [2.05, 4.69) is 4.18 Å². The predicted molar refractivity (Wildman–Crippen MR) is 71.5 cm³/mol. The Bertz CT molecular complexity index is 602. The van der Waals surface area contributed by atoms with Gasteiger partial charge in [-0.15, -0.1) is 0 Å². The van der Waals surface area contributed by atoms with Crippen molar-refractivity contribution in [3.63, 3.8) is 0 Å². The lowest BCUT2D eigenvalue weighted by molar-refractivity contribution is -0.140. The van der Waals surface area contributed by atoms with Crippen LogP contribution in [-0.2, 0) is 28.6 Å². The van der Waals surface area contributed by atoms with Crippen LogP contribution in [-0.4, -0.2) is 38.7 Å². The molecule has 0 saturated carbocycles. The molecule has 0 aromatic rings. The van der Waals surface area contributed by atoms with Crippen molar-refractivity contribution in [1.82, 2.24) is 0 Å². The molecule has 1 unspecified atom stereocenters. The van der Waals surface area contributed by atoms with E-state index in [1.165, 1.54) is 6.92 Å². The first-order chi connectivity index (χ1) is 10.6. The Morgan fingerprint density at radius 1 is 1.35 bits per heavy atom. The Balaban J connectivity index is 2.33. The summed E-state index contributed by atoms with van der Waals surface area (Å²) in [7, 11) is -5.82. The van der Waals surface area contributed by atoms with Crippen molar-refractivity contribution in [2.24, 2.45) is 0 Å². The molecule has 1 heterocycles. The SMILES string of the molecule is CCOC(=O)C1=C(OS(=O)(=O)C(F)(F)F)CCC2(CCCO2)C1. The maximum absolute atomic E-state index is 12.5. The van der Waals surface area contributed by atoms with Crippen molar-refractivity contribution >= 4 is 16.1 Å². The summed E-state index contributed by atoms with van der Waals surface area (Å²) in [4.78, 5) is 12.0. The van der Waals surface area contributed by atoms with Crippen molar-refractivity contribution in [2.45, 2.75) is 50.1 Å². The van der Waals surface area contributed by atoms with Crippen LogP contribution in [0.5, 0.6) is 0 Å². The Kier molecular flexibility index (Phi) is 4.95. The van der Waals surface area contributed by atoms with Crippen LogP contribution in [0.3, 0.4) is 0 Å². The van der Waals surface area contributed by atoms with Crippen LogP contribution < -0.4 is 0 Å². The summed E-state index contributed by atoms with van der Waals surface area (Å²) in [5.41, 5.74) is -6.41. The number of esters is 1. The van der Waals surface area contributed by atoms with Gasteiger partial charge in [-0.05, 0) is 26.2 Å². The van der Waals surface area contributed by atoms with Gasteiger partial charge in [0, 0.05) is 19.4 Å². The van der Waals surface area contributed by atoms with Gasteiger partial charge in [-0.25, -0.2) is 4.79 Å². The molecular weight excluding hydrogens is 341 g/mol. The molecule has 1 aliphatic heterocycles. The van der Waals surface area contributed by atoms with E-state index < -0.39 is 33.0 Å². The monoisotopic (exact) mass is 358 g/mol. The summed E-state index contributed by atoms with van der Waals surface area (Å²) < 4.78 is 74.5. The first-order valence-corrected chi connectivity index (χ1v) is 8.55. The van der Waals surface area contributed by atoms with Crippen molar-refractivity contribution in [3.8, 4) is 0 Å². The summed E-state index contributed by atoms with van der Waals surface area (Å²) in [6, 6.07) is 0. The smallest absolute Gasteiger partial charge is 0.463 e. The Hall–Kier alpha value is -1.29. The number of allylic oxidation sites excluding steroid dienone is 1. The average Bonchev–Trinajstić information content (AvgIpc) is 2.88. The summed E-state index contributed by atoms with van der Waals surface area (Å²) in [6.45, 7) is 2.04. The second-order valence-electron chi connectivity index (χ2n) is 5.42. The molecule has 0 radical (unpaired) electrons. The van der Waals surface area contributed by atoms with E-state index in [-0.39, 0.29) is 25.0 Å². The third-order valence-corrected chi connectivity index (χ3v) is 4.83. The number of rotatable bonds is 4. The number of hydrogen-bond donors (Lipinski definition) is 0. The van der Waals surface area contributed by atoms with Crippen LogP contribution in [0.25, 0.3) is 0 Å². The lowest BCUT2D eigenvalue weighted by Crippen LogP contribution is -2.36. The zero-order chi connectivity index (χ0) is 17.3. The largest absolute Gasteiger partial charge is 0.534 e. The van der Waals surface area contributed by atoms with Crippen molar-refractivity contribution < 1.29 is 40.0 Å². The molecular formula is C13H17F3O6S. The molecule has 1 atom stereocenters. The van der Waals surface area contributed by atoms with Gasteiger partial charge in [-0.1, -0.05) is 0 Å². The van der Waals surface area contributed by atoms with E-state index >= 15 is 0 Å². The molecule has 2 aliphatic rings. The van der Waals surface area contributed by atoms with Crippen LogP contribution in [0.15, 0.2) is 11.3 Å². The highest BCUT2D eigenvalue weighted by atomic mass is 32.2. The highest BCUT2D eigenvalue weighted by molar-refractivity contribution is 7.87. The minimum Gasteiger partial charge on any atom is -0.463 e. The van der Waals surface area contributed by atoms with Crippen LogP contribution in [0.1, 0.15) is 39.0 Å². The van der Waals surface area contributed by atoms with E-state index in [1.807, 2.05) is 0 Å².